The summed E-state index contributed by atoms with van der Waals surface area (Å²) in [5.41, 5.74) is 3.02. The van der Waals surface area contributed by atoms with Crippen molar-refractivity contribution in [1.82, 2.24) is 20.2 Å². The number of para-hydroxylation sites is 1. The van der Waals surface area contributed by atoms with Crippen LogP contribution in [0.5, 0.6) is 5.75 Å². The molecule has 7 nitrogen and oxygen atoms in total. The van der Waals surface area contributed by atoms with Gasteiger partial charge in [-0.05, 0) is 50.4 Å². The van der Waals surface area contributed by atoms with Crippen LogP contribution in [0.3, 0.4) is 0 Å². The lowest BCUT2D eigenvalue weighted by Gasteiger charge is -2.49. The summed E-state index contributed by atoms with van der Waals surface area (Å²) in [5.74, 6) is 2.51. The number of amides is 1. The van der Waals surface area contributed by atoms with Gasteiger partial charge in [-0.2, -0.15) is 0 Å². The predicted molar refractivity (Wildman–Crippen MR) is 114 cm³/mol. The number of ether oxygens (including phenoxy) is 2. The summed E-state index contributed by atoms with van der Waals surface area (Å²) in [5, 5.41) is 3.00. The first-order valence-electron chi connectivity index (χ1n) is 10.6. The van der Waals surface area contributed by atoms with Gasteiger partial charge in [0.25, 0.3) is 0 Å². The molecule has 0 aliphatic carbocycles. The van der Waals surface area contributed by atoms with Gasteiger partial charge < -0.3 is 14.8 Å². The Morgan fingerprint density at radius 2 is 2.10 bits per heavy atom. The number of carbonyl (C=O) groups is 1. The fourth-order valence-electron chi connectivity index (χ4n) is 4.87. The third-order valence-electron chi connectivity index (χ3n) is 6.31. The van der Waals surface area contributed by atoms with Gasteiger partial charge in [0.05, 0.1) is 12.8 Å². The third-order valence-corrected chi connectivity index (χ3v) is 6.31. The molecule has 1 unspecified atom stereocenters. The van der Waals surface area contributed by atoms with Crippen LogP contribution in [0.2, 0.25) is 0 Å². The van der Waals surface area contributed by atoms with Crippen LogP contribution in [0.15, 0.2) is 30.3 Å². The highest BCUT2D eigenvalue weighted by Gasteiger charge is 2.41. The number of carbonyl (C=O) groups excluding carboxylic acids is 1. The van der Waals surface area contributed by atoms with Gasteiger partial charge in [0.1, 0.15) is 18.2 Å². The fraction of sp³-hybridized carbons (Fsp3) is 0.522. The summed E-state index contributed by atoms with van der Waals surface area (Å²) in [6.07, 6.45) is 2.24. The van der Waals surface area contributed by atoms with Crippen LogP contribution in [0.25, 0.3) is 11.3 Å². The number of hydrogen-bond donors (Lipinski definition) is 1. The molecule has 4 atom stereocenters. The molecular weight excluding hydrogens is 380 g/mol. The molecule has 1 amide bonds. The van der Waals surface area contributed by atoms with Gasteiger partial charge in [-0.3, -0.25) is 9.69 Å². The largest absolute Gasteiger partial charge is 0.496 e. The minimum Gasteiger partial charge on any atom is -0.496 e. The van der Waals surface area contributed by atoms with Gasteiger partial charge in [-0.25, -0.2) is 9.97 Å². The van der Waals surface area contributed by atoms with Gasteiger partial charge in [0, 0.05) is 43.4 Å². The summed E-state index contributed by atoms with van der Waals surface area (Å²) in [4.78, 5) is 23.8. The molecule has 0 radical (unpaired) electrons. The minimum atomic E-state index is -0.0513. The van der Waals surface area contributed by atoms with E-state index in [1.54, 1.807) is 14.2 Å². The smallest absolute Gasteiger partial charge is 0.246 e. The summed E-state index contributed by atoms with van der Waals surface area (Å²) in [6.45, 7) is 4.80. The third kappa shape index (κ3) is 4.32. The molecule has 7 heteroatoms. The number of piperidine rings is 3. The Bertz CT molecular complexity index is 904. The van der Waals surface area contributed by atoms with Crippen molar-refractivity contribution in [2.24, 2.45) is 5.92 Å². The molecule has 3 fully saturated rings. The molecular formula is C23H30N4O3. The van der Waals surface area contributed by atoms with E-state index in [1.165, 1.54) is 6.42 Å². The van der Waals surface area contributed by atoms with Gasteiger partial charge in [-0.1, -0.05) is 12.1 Å². The van der Waals surface area contributed by atoms with Gasteiger partial charge in [-0.15, -0.1) is 0 Å². The SMILES string of the molecule is COCC(=O)NC[C@H]1C[C@@H]2CCN1C[C@H]2c1cc(-c2ccccc2OC)nc(C)n1. The first-order valence-corrected chi connectivity index (χ1v) is 10.6. The second kappa shape index (κ2) is 9.10. The molecule has 1 aromatic carbocycles. The maximum atomic E-state index is 11.8. The van der Waals surface area contributed by atoms with Crippen molar-refractivity contribution in [3.05, 3.63) is 41.9 Å². The van der Waals surface area contributed by atoms with Crippen molar-refractivity contribution < 1.29 is 14.3 Å². The molecule has 2 bridgehead atoms. The highest BCUT2D eigenvalue weighted by molar-refractivity contribution is 5.77. The Hall–Kier alpha value is -2.51. The molecule has 160 valence electrons. The lowest BCUT2D eigenvalue weighted by atomic mass is 9.74. The second-order valence-electron chi connectivity index (χ2n) is 8.20. The monoisotopic (exact) mass is 410 g/mol. The van der Waals surface area contributed by atoms with Crippen LogP contribution in [-0.2, 0) is 9.53 Å². The van der Waals surface area contributed by atoms with Crippen LogP contribution in [0.4, 0.5) is 0 Å². The zero-order valence-corrected chi connectivity index (χ0v) is 17.9. The number of methoxy groups -OCH3 is 2. The van der Waals surface area contributed by atoms with Crippen molar-refractivity contribution in [2.45, 2.75) is 31.7 Å². The Kier molecular flexibility index (Phi) is 6.29. The van der Waals surface area contributed by atoms with Crippen LogP contribution < -0.4 is 10.1 Å². The highest BCUT2D eigenvalue weighted by atomic mass is 16.5. The van der Waals surface area contributed by atoms with E-state index in [-0.39, 0.29) is 12.5 Å². The van der Waals surface area contributed by atoms with Crippen molar-refractivity contribution in [3.63, 3.8) is 0 Å². The summed E-state index contributed by atoms with van der Waals surface area (Å²) in [7, 11) is 3.23. The van der Waals surface area contributed by atoms with Crippen molar-refractivity contribution in [1.29, 1.82) is 0 Å². The zero-order valence-electron chi connectivity index (χ0n) is 17.9. The first-order chi connectivity index (χ1) is 14.6. The lowest BCUT2D eigenvalue weighted by molar-refractivity contribution is -0.125. The minimum absolute atomic E-state index is 0.0513. The van der Waals surface area contributed by atoms with Crippen LogP contribution in [0.1, 0.15) is 30.3 Å². The Morgan fingerprint density at radius 1 is 1.27 bits per heavy atom. The van der Waals surface area contributed by atoms with Gasteiger partial charge >= 0.3 is 0 Å². The number of benzene rings is 1. The molecule has 1 N–H and O–H groups in total. The molecule has 1 aromatic heterocycles. The number of aryl methyl sites for hydroxylation is 1. The predicted octanol–water partition coefficient (Wildman–Crippen LogP) is 2.40. The average molecular weight is 411 g/mol. The molecule has 5 rings (SSSR count). The topological polar surface area (TPSA) is 76.6 Å². The average Bonchev–Trinajstić information content (AvgIpc) is 2.77. The highest BCUT2D eigenvalue weighted by Crippen LogP contribution is 2.42. The fourth-order valence-corrected chi connectivity index (χ4v) is 4.87. The summed E-state index contributed by atoms with van der Waals surface area (Å²) in [6, 6.07) is 10.5. The number of nitrogens with one attached hydrogen (secondary N) is 1. The first kappa shape index (κ1) is 20.8. The number of hydrogen-bond acceptors (Lipinski definition) is 6. The van der Waals surface area contributed by atoms with Crippen LogP contribution >= 0.6 is 0 Å². The second-order valence-corrected chi connectivity index (χ2v) is 8.20. The van der Waals surface area contributed by atoms with Gasteiger partial charge in [0.2, 0.25) is 5.91 Å². The maximum Gasteiger partial charge on any atom is 0.246 e. The molecule has 2 aromatic rings. The van der Waals surface area contributed by atoms with Gasteiger partial charge in [0.15, 0.2) is 0 Å². The van der Waals surface area contributed by atoms with E-state index in [0.717, 1.165) is 48.0 Å². The molecule has 4 heterocycles. The van der Waals surface area contributed by atoms with E-state index in [9.17, 15) is 4.79 Å². The number of nitrogens with zero attached hydrogens (tertiary/aromatic N) is 3. The van der Waals surface area contributed by atoms with Crippen LogP contribution in [0, 0.1) is 12.8 Å². The number of rotatable bonds is 7. The molecule has 30 heavy (non-hydrogen) atoms. The molecule has 0 spiro atoms. The standard InChI is InChI=1S/C23H30N4O3/c1-15-25-20(18-6-4-5-7-22(18)30-3)11-21(26-15)19-13-27-9-8-16(19)10-17(27)12-24-23(28)14-29-2/h4-7,11,16-17,19H,8-10,12-14H2,1-3H3,(H,24,28)/t16-,17+,19+/m0/s1. The van der Waals surface area contributed by atoms with E-state index in [2.05, 4.69) is 21.3 Å². The van der Waals surface area contributed by atoms with Crippen molar-refractivity contribution in [3.8, 4) is 17.0 Å². The molecule has 3 aliphatic heterocycles. The Morgan fingerprint density at radius 3 is 2.83 bits per heavy atom. The van der Waals surface area contributed by atoms with E-state index in [0.29, 0.717) is 24.4 Å². The Balaban J connectivity index is 1.52. The Labute approximate surface area is 177 Å². The molecule has 3 saturated heterocycles. The van der Waals surface area contributed by atoms with E-state index >= 15 is 0 Å². The molecule has 3 aliphatic rings. The normalized spacial score (nSPS) is 25.2. The van der Waals surface area contributed by atoms with Crippen molar-refractivity contribution >= 4 is 5.91 Å². The number of aromatic nitrogens is 2. The quantitative estimate of drug-likeness (QED) is 0.755. The van der Waals surface area contributed by atoms with E-state index in [1.807, 2.05) is 31.2 Å². The van der Waals surface area contributed by atoms with E-state index in [4.69, 9.17) is 14.5 Å². The van der Waals surface area contributed by atoms with Crippen molar-refractivity contribution in [2.75, 3.05) is 40.5 Å². The number of fused-ring (bicyclic) bond motifs is 3. The summed E-state index contributed by atoms with van der Waals surface area (Å²) >= 11 is 0. The molecule has 0 saturated carbocycles. The lowest BCUT2D eigenvalue weighted by Crippen LogP contribution is -2.56. The zero-order chi connectivity index (χ0) is 21.1. The van der Waals surface area contributed by atoms with E-state index < -0.39 is 0 Å². The summed E-state index contributed by atoms with van der Waals surface area (Å²) < 4.78 is 10.4. The maximum absolute atomic E-state index is 11.8. The van der Waals surface area contributed by atoms with Crippen LogP contribution in [-0.4, -0.2) is 67.3 Å².